The Morgan fingerprint density at radius 2 is 2.00 bits per heavy atom. The van der Waals surface area contributed by atoms with Gasteiger partial charge in [-0.2, -0.15) is 5.26 Å². The molecule has 2 N–H and O–H groups in total. The molecule has 1 saturated carbocycles. The number of benzene rings is 2. The minimum Gasteiger partial charge on any atom is -0.489 e. The number of carbonyl (C=O) groups excluding carboxylic acids is 1. The van der Waals surface area contributed by atoms with E-state index in [1.807, 2.05) is 12.1 Å². The number of aliphatic hydroxyl groups is 1. The number of hydrogen-bond acceptors (Lipinski definition) is 4. The van der Waals surface area contributed by atoms with Crippen molar-refractivity contribution in [1.82, 2.24) is 5.32 Å². The van der Waals surface area contributed by atoms with Crippen molar-refractivity contribution >= 4 is 5.91 Å². The standard InChI is InChI=1S/C20H20N2O3/c21-12-15-5-7-18(8-6-15)25-13-16-3-1-4-17(11-16)19(23)22-14-20(24)9-2-10-20/h1,3-8,11,24H,2,9-10,13-14H2,(H,22,23). The van der Waals surface area contributed by atoms with Crippen LogP contribution in [0.2, 0.25) is 0 Å². The highest BCUT2D eigenvalue weighted by molar-refractivity contribution is 5.94. The Kier molecular flexibility index (Phi) is 5.01. The van der Waals surface area contributed by atoms with E-state index in [-0.39, 0.29) is 12.5 Å². The molecule has 2 aromatic carbocycles. The minimum atomic E-state index is -0.730. The molecule has 0 aromatic heterocycles. The van der Waals surface area contributed by atoms with E-state index in [1.54, 1.807) is 36.4 Å². The summed E-state index contributed by atoms with van der Waals surface area (Å²) in [7, 11) is 0. The first-order chi connectivity index (χ1) is 12.1. The van der Waals surface area contributed by atoms with E-state index in [9.17, 15) is 9.90 Å². The Balaban J connectivity index is 1.56. The Morgan fingerprint density at radius 1 is 1.24 bits per heavy atom. The maximum atomic E-state index is 12.2. The predicted octanol–water partition coefficient (Wildman–Crippen LogP) is 2.78. The molecule has 1 aliphatic carbocycles. The predicted molar refractivity (Wildman–Crippen MR) is 93.1 cm³/mol. The lowest BCUT2D eigenvalue weighted by Gasteiger charge is -2.36. The smallest absolute Gasteiger partial charge is 0.251 e. The van der Waals surface area contributed by atoms with Crippen LogP contribution in [0.15, 0.2) is 48.5 Å². The molecule has 0 aliphatic heterocycles. The first-order valence-corrected chi connectivity index (χ1v) is 8.30. The molecule has 1 aliphatic rings. The zero-order valence-corrected chi connectivity index (χ0v) is 13.9. The number of rotatable bonds is 6. The van der Waals surface area contributed by atoms with Gasteiger partial charge in [-0.15, -0.1) is 0 Å². The van der Waals surface area contributed by atoms with E-state index >= 15 is 0 Å². The third-order valence-electron chi connectivity index (χ3n) is 4.44. The van der Waals surface area contributed by atoms with Crippen LogP contribution in [0, 0.1) is 11.3 Å². The fourth-order valence-corrected chi connectivity index (χ4v) is 2.70. The summed E-state index contributed by atoms with van der Waals surface area (Å²) in [6, 6.07) is 16.2. The Morgan fingerprint density at radius 3 is 2.64 bits per heavy atom. The lowest BCUT2D eigenvalue weighted by Crippen LogP contribution is -2.47. The van der Waals surface area contributed by atoms with Gasteiger partial charge in [0.15, 0.2) is 0 Å². The number of nitrogens with zero attached hydrogens (tertiary/aromatic N) is 1. The van der Waals surface area contributed by atoms with Crippen molar-refractivity contribution in [2.24, 2.45) is 0 Å². The number of ether oxygens (including phenoxy) is 1. The summed E-state index contributed by atoms with van der Waals surface area (Å²) in [5.74, 6) is 0.474. The molecule has 1 amide bonds. The molecule has 5 heteroatoms. The van der Waals surface area contributed by atoms with Crippen molar-refractivity contribution in [3.8, 4) is 11.8 Å². The van der Waals surface area contributed by atoms with Gasteiger partial charge in [-0.1, -0.05) is 12.1 Å². The van der Waals surface area contributed by atoms with Crippen molar-refractivity contribution in [2.45, 2.75) is 31.5 Å². The number of amides is 1. The minimum absolute atomic E-state index is 0.194. The van der Waals surface area contributed by atoms with Crippen molar-refractivity contribution in [2.75, 3.05) is 6.54 Å². The molecule has 0 saturated heterocycles. The summed E-state index contributed by atoms with van der Waals surface area (Å²) < 4.78 is 5.69. The maximum Gasteiger partial charge on any atom is 0.251 e. The van der Waals surface area contributed by atoms with Gasteiger partial charge in [0.1, 0.15) is 12.4 Å². The summed E-state index contributed by atoms with van der Waals surface area (Å²) in [6.07, 6.45) is 2.49. The highest BCUT2D eigenvalue weighted by Gasteiger charge is 2.34. The van der Waals surface area contributed by atoms with Crippen molar-refractivity contribution in [3.05, 3.63) is 65.2 Å². The topological polar surface area (TPSA) is 82.3 Å². The first kappa shape index (κ1) is 17.0. The van der Waals surface area contributed by atoms with Gasteiger partial charge in [-0.05, 0) is 61.2 Å². The van der Waals surface area contributed by atoms with Crippen molar-refractivity contribution < 1.29 is 14.6 Å². The average molecular weight is 336 g/mol. The van der Waals surface area contributed by atoms with Crippen LogP contribution in [0.5, 0.6) is 5.75 Å². The van der Waals surface area contributed by atoms with Crippen LogP contribution in [0.25, 0.3) is 0 Å². The summed E-state index contributed by atoms with van der Waals surface area (Å²) in [5, 5.41) is 21.6. The lowest BCUT2D eigenvalue weighted by atomic mass is 9.80. The van der Waals surface area contributed by atoms with Gasteiger partial charge in [0, 0.05) is 12.1 Å². The molecule has 3 rings (SSSR count). The number of nitrogens with one attached hydrogen (secondary N) is 1. The third-order valence-corrected chi connectivity index (χ3v) is 4.44. The molecule has 0 unspecified atom stereocenters. The van der Waals surface area contributed by atoms with E-state index in [0.717, 1.165) is 24.8 Å². The molecule has 25 heavy (non-hydrogen) atoms. The van der Waals surface area contributed by atoms with Crippen LogP contribution >= 0.6 is 0 Å². The van der Waals surface area contributed by atoms with Gasteiger partial charge in [-0.3, -0.25) is 4.79 Å². The van der Waals surface area contributed by atoms with Gasteiger partial charge >= 0.3 is 0 Å². The van der Waals surface area contributed by atoms with Crippen LogP contribution in [0.4, 0.5) is 0 Å². The second-order valence-electron chi connectivity index (χ2n) is 6.39. The zero-order chi connectivity index (χ0) is 17.7. The molecular weight excluding hydrogens is 316 g/mol. The van der Waals surface area contributed by atoms with Gasteiger partial charge in [-0.25, -0.2) is 0 Å². The van der Waals surface area contributed by atoms with Crippen LogP contribution in [-0.2, 0) is 6.61 Å². The fourth-order valence-electron chi connectivity index (χ4n) is 2.70. The van der Waals surface area contributed by atoms with Gasteiger partial charge in [0.05, 0.1) is 17.2 Å². The lowest BCUT2D eigenvalue weighted by molar-refractivity contribution is -0.0300. The highest BCUT2D eigenvalue weighted by atomic mass is 16.5. The molecule has 1 fully saturated rings. The summed E-state index contributed by atoms with van der Waals surface area (Å²) in [6.45, 7) is 0.620. The number of hydrogen-bond donors (Lipinski definition) is 2. The molecule has 0 atom stereocenters. The second kappa shape index (κ2) is 7.37. The van der Waals surface area contributed by atoms with E-state index < -0.39 is 5.60 Å². The summed E-state index contributed by atoms with van der Waals surface area (Å²) in [4.78, 5) is 12.2. The number of nitriles is 1. The van der Waals surface area contributed by atoms with Crippen molar-refractivity contribution in [1.29, 1.82) is 5.26 Å². The molecule has 0 radical (unpaired) electrons. The fraction of sp³-hybridized carbons (Fsp3) is 0.300. The second-order valence-corrected chi connectivity index (χ2v) is 6.39. The van der Waals surface area contributed by atoms with Crippen LogP contribution in [0.1, 0.15) is 40.7 Å². The van der Waals surface area contributed by atoms with Gasteiger partial charge < -0.3 is 15.2 Å². The molecular formula is C20H20N2O3. The largest absolute Gasteiger partial charge is 0.489 e. The van der Waals surface area contributed by atoms with E-state index in [2.05, 4.69) is 11.4 Å². The molecule has 0 bridgehead atoms. The molecule has 2 aromatic rings. The van der Waals surface area contributed by atoms with Gasteiger partial charge in [0.25, 0.3) is 5.91 Å². The quantitative estimate of drug-likeness (QED) is 0.850. The SMILES string of the molecule is N#Cc1ccc(OCc2cccc(C(=O)NCC3(O)CCC3)c2)cc1. The Bertz CT molecular complexity index is 789. The van der Waals surface area contributed by atoms with E-state index in [0.29, 0.717) is 23.5 Å². The normalized spacial score (nSPS) is 14.9. The van der Waals surface area contributed by atoms with E-state index in [4.69, 9.17) is 10.00 Å². The van der Waals surface area contributed by atoms with Crippen LogP contribution < -0.4 is 10.1 Å². The van der Waals surface area contributed by atoms with Crippen molar-refractivity contribution in [3.63, 3.8) is 0 Å². The summed E-state index contributed by atoms with van der Waals surface area (Å²) >= 11 is 0. The average Bonchev–Trinajstić information content (AvgIpc) is 2.63. The molecule has 0 spiro atoms. The maximum absolute atomic E-state index is 12.2. The van der Waals surface area contributed by atoms with Crippen LogP contribution in [0.3, 0.4) is 0 Å². The first-order valence-electron chi connectivity index (χ1n) is 8.30. The summed E-state index contributed by atoms with van der Waals surface area (Å²) in [5.41, 5.74) is 1.27. The molecule has 0 heterocycles. The highest BCUT2D eigenvalue weighted by Crippen LogP contribution is 2.30. The number of carbonyl (C=O) groups is 1. The monoisotopic (exact) mass is 336 g/mol. The van der Waals surface area contributed by atoms with E-state index in [1.165, 1.54) is 0 Å². The third kappa shape index (κ3) is 4.37. The van der Waals surface area contributed by atoms with Gasteiger partial charge in [0.2, 0.25) is 0 Å². The Hall–Kier alpha value is -2.84. The van der Waals surface area contributed by atoms with Crippen LogP contribution in [-0.4, -0.2) is 23.2 Å². The Labute approximate surface area is 146 Å². The molecule has 128 valence electrons. The zero-order valence-electron chi connectivity index (χ0n) is 13.9. The molecule has 5 nitrogen and oxygen atoms in total.